The monoisotopic (exact) mass is 146 g/mol. The number of rotatable bonds is 1. The van der Waals surface area contributed by atoms with Crippen LogP contribution in [0, 0.1) is 0 Å². The third-order valence-electron chi connectivity index (χ3n) is 1.85. The van der Waals surface area contributed by atoms with Crippen LogP contribution in [-0.4, -0.2) is 30.7 Å². The zero-order valence-electron chi connectivity index (χ0n) is 6.41. The minimum atomic E-state index is -0.728. The van der Waals surface area contributed by atoms with E-state index in [1.165, 1.54) is 0 Å². The first kappa shape index (κ1) is 7.98. The maximum Gasteiger partial charge on any atom is 0.181 e. The van der Waals surface area contributed by atoms with Gasteiger partial charge in [-0.2, -0.15) is 0 Å². The molecule has 1 rings (SSSR count). The van der Waals surface area contributed by atoms with Gasteiger partial charge in [0.2, 0.25) is 0 Å². The van der Waals surface area contributed by atoms with Crippen molar-refractivity contribution in [1.29, 1.82) is 0 Å². The Morgan fingerprint density at radius 2 is 2.20 bits per heavy atom. The van der Waals surface area contributed by atoms with Gasteiger partial charge in [-0.05, 0) is 19.8 Å². The summed E-state index contributed by atoms with van der Waals surface area (Å²) in [4.78, 5) is 0. The van der Waals surface area contributed by atoms with Gasteiger partial charge in [-0.3, -0.25) is 0 Å². The van der Waals surface area contributed by atoms with Crippen molar-refractivity contribution in [2.75, 3.05) is 7.11 Å². The van der Waals surface area contributed by atoms with Gasteiger partial charge in [0.25, 0.3) is 0 Å². The lowest BCUT2D eigenvalue weighted by molar-refractivity contribution is -0.218. The molecule has 0 saturated carbocycles. The third kappa shape index (κ3) is 1.68. The fraction of sp³-hybridized carbons (Fsp3) is 1.00. The molecule has 60 valence electrons. The standard InChI is InChI=1S/C7H14O3/c1-5-3-4-6(9-2)7(8)10-5/h5-8H,3-4H2,1-2H3/t5-,6+,7-/m1/s1. The molecule has 0 unspecified atom stereocenters. The molecule has 3 atom stereocenters. The zero-order chi connectivity index (χ0) is 7.56. The van der Waals surface area contributed by atoms with Crippen molar-refractivity contribution in [3.63, 3.8) is 0 Å². The van der Waals surface area contributed by atoms with Crippen LogP contribution in [-0.2, 0) is 9.47 Å². The summed E-state index contributed by atoms with van der Waals surface area (Å²) in [6.07, 6.45) is 1.17. The van der Waals surface area contributed by atoms with Crippen molar-refractivity contribution in [3.8, 4) is 0 Å². The molecule has 1 N–H and O–H groups in total. The van der Waals surface area contributed by atoms with Gasteiger partial charge in [0.1, 0.15) is 6.10 Å². The van der Waals surface area contributed by atoms with Gasteiger partial charge in [-0.15, -0.1) is 0 Å². The van der Waals surface area contributed by atoms with Crippen LogP contribution in [0.3, 0.4) is 0 Å². The molecule has 3 heteroatoms. The smallest absolute Gasteiger partial charge is 0.181 e. The first-order valence-electron chi connectivity index (χ1n) is 3.60. The SMILES string of the molecule is CO[C@H]1CC[C@@H](C)O[C@H]1O. The molecule has 3 nitrogen and oxygen atoms in total. The maximum absolute atomic E-state index is 9.19. The molecule has 1 heterocycles. The maximum atomic E-state index is 9.19. The molecule has 10 heavy (non-hydrogen) atoms. The van der Waals surface area contributed by atoms with Crippen molar-refractivity contribution in [3.05, 3.63) is 0 Å². The zero-order valence-corrected chi connectivity index (χ0v) is 6.41. The number of methoxy groups -OCH3 is 1. The van der Waals surface area contributed by atoms with Gasteiger partial charge in [0, 0.05) is 7.11 Å². The van der Waals surface area contributed by atoms with Crippen molar-refractivity contribution < 1.29 is 14.6 Å². The van der Waals surface area contributed by atoms with Crippen molar-refractivity contribution in [2.24, 2.45) is 0 Å². The summed E-state index contributed by atoms with van der Waals surface area (Å²) in [6.45, 7) is 1.95. The van der Waals surface area contributed by atoms with E-state index >= 15 is 0 Å². The Morgan fingerprint density at radius 1 is 1.50 bits per heavy atom. The van der Waals surface area contributed by atoms with Crippen molar-refractivity contribution in [2.45, 2.75) is 38.3 Å². The lowest BCUT2D eigenvalue weighted by Crippen LogP contribution is -2.38. The highest BCUT2D eigenvalue weighted by atomic mass is 16.6. The Kier molecular flexibility index (Phi) is 2.65. The molecule has 1 aliphatic rings. The molecule has 0 radical (unpaired) electrons. The first-order valence-corrected chi connectivity index (χ1v) is 3.60. The lowest BCUT2D eigenvalue weighted by atomic mass is 10.1. The van der Waals surface area contributed by atoms with Crippen LogP contribution in [0.15, 0.2) is 0 Å². The largest absolute Gasteiger partial charge is 0.376 e. The van der Waals surface area contributed by atoms with E-state index in [1.54, 1.807) is 7.11 Å². The van der Waals surface area contributed by atoms with E-state index in [1.807, 2.05) is 6.92 Å². The van der Waals surface area contributed by atoms with E-state index in [0.29, 0.717) is 0 Å². The van der Waals surface area contributed by atoms with Crippen LogP contribution < -0.4 is 0 Å². The second-order valence-electron chi connectivity index (χ2n) is 2.69. The Morgan fingerprint density at radius 3 is 2.70 bits per heavy atom. The van der Waals surface area contributed by atoms with E-state index in [2.05, 4.69) is 0 Å². The van der Waals surface area contributed by atoms with Crippen molar-refractivity contribution >= 4 is 0 Å². The van der Waals surface area contributed by atoms with Gasteiger partial charge in [0.05, 0.1) is 6.10 Å². The minimum absolute atomic E-state index is 0.129. The summed E-state index contributed by atoms with van der Waals surface area (Å²) in [5, 5.41) is 9.19. The fourth-order valence-electron chi connectivity index (χ4n) is 1.17. The molecule has 0 aromatic rings. The van der Waals surface area contributed by atoms with Crippen LogP contribution in [0.25, 0.3) is 0 Å². The minimum Gasteiger partial charge on any atom is -0.376 e. The molecular formula is C7H14O3. The summed E-state index contributed by atoms with van der Waals surface area (Å²) in [7, 11) is 1.59. The van der Waals surface area contributed by atoms with Gasteiger partial charge in [-0.1, -0.05) is 0 Å². The number of hydrogen-bond acceptors (Lipinski definition) is 3. The molecule has 0 aromatic heterocycles. The van der Waals surface area contributed by atoms with E-state index in [9.17, 15) is 5.11 Å². The summed E-state index contributed by atoms with van der Waals surface area (Å²) in [5.41, 5.74) is 0. The highest BCUT2D eigenvalue weighted by molar-refractivity contribution is 4.70. The molecule has 0 spiro atoms. The summed E-state index contributed by atoms with van der Waals surface area (Å²) >= 11 is 0. The predicted molar refractivity (Wildman–Crippen MR) is 36.6 cm³/mol. The Labute approximate surface area is 60.9 Å². The average molecular weight is 146 g/mol. The molecule has 0 amide bonds. The van der Waals surface area contributed by atoms with E-state index < -0.39 is 6.29 Å². The molecule has 1 fully saturated rings. The molecule has 0 bridgehead atoms. The Bertz CT molecular complexity index is 105. The van der Waals surface area contributed by atoms with Gasteiger partial charge >= 0.3 is 0 Å². The molecule has 0 aliphatic carbocycles. The normalized spacial score (nSPS) is 41.7. The van der Waals surface area contributed by atoms with Crippen LogP contribution in [0.2, 0.25) is 0 Å². The van der Waals surface area contributed by atoms with Crippen LogP contribution in [0.4, 0.5) is 0 Å². The molecule has 0 aromatic carbocycles. The Balaban J connectivity index is 2.36. The number of ether oxygens (including phenoxy) is 2. The van der Waals surface area contributed by atoms with Crippen molar-refractivity contribution in [1.82, 2.24) is 0 Å². The van der Waals surface area contributed by atoms with Gasteiger partial charge in [-0.25, -0.2) is 0 Å². The van der Waals surface area contributed by atoms with E-state index in [-0.39, 0.29) is 12.2 Å². The lowest BCUT2D eigenvalue weighted by Gasteiger charge is -2.30. The second kappa shape index (κ2) is 3.32. The number of hydrogen-bond donors (Lipinski definition) is 1. The van der Waals surface area contributed by atoms with Crippen LogP contribution >= 0.6 is 0 Å². The number of aliphatic hydroxyl groups excluding tert-OH is 1. The molecule has 1 saturated heterocycles. The van der Waals surface area contributed by atoms with Gasteiger partial charge < -0.3 is 14.6 Å². The molecular weight excluding hydrogens is 132 g/mol. The fourth-order valence-corrected chi connectivity index (χ4v) is 1.17. The number of aliphatic hydroxyl groups is 1. The second-order valence-corrected chi connectivity index (χ2v) is 2.69. The summed E-state index contributed by atoms with van der Waals surface area (Å²) in [5.74, 6) is 0. The average Bonchev–Trinajstić information content (AvgIpc) is 1.88. The van der Waals surface area contributed by atoms with Gasteiger partial charge in [0.15, 0.2) is 6.29 Å². The summed E-state index contributed by atoms with van der Waals surface area (Å²) < 4.78 is 10.1. The molecule has 1 aliphatic heterocycles. The van der Waals surface area contributed by atoms with E-state index in [4.69, 9.17) is 9.47 Å². The highest BCUT2D eigenvalue weighted by Gasteiger charge is 2.26. The quantitative estimate of drug-likeness (QED) is 0.586. The van der Waals surface area contributed by atoms with Crippen LogP contribution in [0.1, 0.15) is 19.8 Å². The summed E-state index contributed by atoms with van der Waals surface area (Å²) in [6, 6.07) is 0. The van der Waals surface area contributed by atoms with E-state index in [0.717, 1.165) is 12.8 Å². The first-order chi connectivity index (χ1) is 4.74. The van der Waals surface area contributed by atoms with Crippen LogP contribution in [0.5, 0.6) is 0 Å². The predicted octanol–water partition coefficient (Wildman–Crippen LogP) is 0.519. The third-order valence-corrected chi connectivity index (χ3v) is 1.85. The Hall–Kier alpha value is -0.120. The highest BCUT2D eigenvalue weighted by Crippen LogP contribution is 2.19. The topological polar surface area (TPSA) is 38.7 Å².